The number of carbonyl (C=O) groups is 1. The molecule has 7 nitrogen and oxygen atoms in total. The van der Waals surface area contributed by atoms with Crippen molar-refractivity contribution in [2.45, 2.75) is 19.0 Å². The lowest BCUT2D eigenvalue weighted by Crippen LogP contribution is -2.39. The van der Waals surface area contributed by atoms with E-state index in [2.05, 4.69) is 10.3 Å². The van der Waals surface area contributed by atoms with Crippen LogP contribution >= 0.6 is 0 Å². The predicted octanol–water partition coefficient (Wildman–Crippen LogP) is 3.40. The molecule has 1 aliphatic heterocycles. The molecule has 0 fully saturated rings. The number of rotatable bonds is 7. The molecule has 0 unspecified atom stereocenters. The van der Waals surface area contributed by atoms with E-state index >= 15 is 0 Å². The van der Waals surface area contributed by atoms with Crippen molar-refractivity contribution in [3.63, 3.8) is 0 Å². The quantitative estimate of drug-likeness (QED) is 0.340. The van der Waals surface area contributed by atoms with E-state index in [4.69, 9.17) is 15.2 Å². The smallest absolute Gasteiger partial charge is 0.255 e. The van der Waals surface area contributed by atoms with Crippen molar-refractivity contribution in [2.75, 3.05) is 19.8 Å². The molecule has 174 valence electrons. The molecule has 1 aromatic heterocycles. The van der Waals surface area contributed by atoms with Gasteiger partial charge in [0.15, 0.2) is 11.5 Å². The number of para-hydroxylation sites is 1. The van der Waals surface area contributed by atoms with Gasteiger partial charge in [-0.15, -0.1) is 0 Å². The molecule has 3 aromatic carbocycles. The number of H-pyrrole nitrogens is 1. The average Bonchev–Trinajstić information content (AvgIpc) is 3.30. The van der Waals surface area contributed by atoms with E-state index < -0.39 is 6.04 Å². The van der Waals surface area contributed by atoms with Gasteiger partial charge < -0.3 is 30.6 Å². The molecule has 7 heteroatoms. The highest BCUT2D eigenvalue weighted by Crippen LogP contribution is 2.38. The zero-order chi connectivity index (χ0) is 23.5. The second-order valence-corrected chi connectivity index (χ2v) is 8.37. The first-order chi connectivity index (χ1) is 16.7. The highest BCUT2D eigenvalue weighted by Gasteiger charge is 2.24. The molecule has 0 aliphatic carbocycles. The molecule has 0 saturated heterocycles. The predicted molar refractivity (Wildman–Crippen MR) is 131 cm³/mol. The highest BCUT2D eigenvalue weighted by atomic mass is 16.6. The van der Waals surface area contributed by atoms with Crippen LogP contribution in [0.25, 0.3) is 22.0 Å². The van der Waals surface area contributed by atoms with E-state index in [1.807, 2.05) is 60.8 Å². The van der Waals surface area contributed by atoms with Crippen LogP contribution in [0.3, 0.4) is 0 Å². The van der Waals surface area contributed by atoms with E-state index in [9.17, 15) is 9.90 Å². The topological polar surface area (TPSA) is 110 Å². The summed E-state index contributed by atoms with van der Waals surface area (Å²) in [6.45, 7) is 1.07. The van der Waals surface area contributed by atoms with E-state index in [0.717, 1.165) is 33.2 Å². The third kappa shape index (κ3) is 4.35. The lowest BCUT2D eigenvalue weighted by atomic mass is 9.99. The van der Waals surface area contributed by atoms with Crippen molar-refractivity contribution in [1.29, 1.82) is 0 Å². The number of aliphatic hydroxyl groups excluding tert-OH is 1. The van der Waals surface area contributed by atoms with Gasteiger partial charge in [0.25, 0.3) is 5.91 Å². The minimum Gasteiger partial charge on any atom is -0.486 e. The van der Waals surface area contributed by atoms with Crippen molar-refractivity contribution >= 4 is 16.8 Å². The Kier molecular flexibility index (Phi) is 6.20. The van der Waals surface area contributed by atoms with Gasteiger partial charge in [0.1, 0.15) is 13.2 Å². The van der Waals surface area contributed by atoms with Crippen LogP contribution in [0.4, 0.5) is 0 Å². The molecule has 4 aromatic rings. The number of aliphatic hydroxyl groups is 1. The summed E-state index contributed by atoms with van der Waals surface area (Å²) in [6.07, 6.45) is 2.41. The fourth-order valence-corrected chi connectivity index (χ4v) is 4.31. The molecule has 5 rings (SSSR count). The van der Waals surface area contributed by atoms with Crippen molar-refractivity contribution < 1.29 is 19.4 Å². The Hall–Kier alpha value is -3.81. The maximum absolute atomic E-state index is 13.4. The Balaban J connectivity index is 1.43. The number of fused-ring (bicyclic) bond motifs is 2. The molecule has 0 radical (unpaired) electrons. The number of ether oxygens (including phenoxy) is 2. The summed E-state index contributed by atoms with van der Waals surface area (Å²) in [6, 6.07) is 19.1. The standard InChI is InChI=1S/C27H27N3O4/c28-14-17-5-7-18(8-6-17)19-12-23(26-25(13-19)33-9-10-34-26)27(32)30-21(16-31)11-20-15-29-24-4-2-1-3-22(20)24/h1-8,12-13,15,21,29,31H,9-11,14,16,28H2,(H,30,32)/t21-/m1/s1. The van der Waals surface area contributed by atoms with Crippen LogP contribution in [0.15, 0.2) is 66.9 Å². The van der Waals surface area contributed by atoms with E-state index in [1.165, 1.54) is 0 Å². The molecule has 1 amide bonds. The molecular formula is C27H27N3O4. The van der Waals surface area contributed by atoms with E-state index in [1.54, 1.807) is 6.07 Å². The zero-order valence-corrected chi connectivity index (χ0v) is 18.7. The molecule has 5 N–H and O–H groups in total. The number of amides is 1. The first-order valence-corrected chi connectivity index (χ1v) is 11.4. The molecule has 0 bridgehead atoms. The monoisotopic (exact) mass is 457 g/mol. The van der Waals surface area contributed by atoms with Crippen molar-refractivity contribution in [3.05, 3.63) is 83.6 Å². The van der Waals surface area contributed by atoms with Crippen LogP contribution < -0.4 is 20.5 Å². The molecule has 2 heterocycles. The minimum absolute atomic E-state index is 0.189. The summed E-state index contributed by atoms with van der Waals surface area (Å²) in [4.78, 5) is 16.6. The largest absolute Gasteiger partial charge is 0.486 e. The highest BCUT2D eigenvalue weighted by molar-refractivity contribution is 5.99. The number of hydrogen-bond donors (Lipinski definition) is 4. The summed E-state index contributed by atoms with van der Waals surface area (Å²) >= 11 is 0. The van der Waals surface area contributed by atoms with Gasteiger partial charge in [0.2, 0.25) is 0 Å². The summed E-state index contributed by atoms with van der Waals surface area (Å²) in [5.41, 5.74) is 11.0. The van der Waals surface area contributed by atoms with Crippen LogP contribution in [0, 0.1) is 0 Å². The van der Waals surface area contributed by atoms with Gasteiger partial charge in [-0.1, -0.05) is 42.5 Å². The van der Waals surface area contributed by atoms with Crippen LogP contribution in [0.5, 0.6) is 11.5 Å². The fraction of sp³-hybridized carbons (Fsp3) is 0.222. The summed E-state index contributed by atoms with van der Waals surface area (Å²) in [7, 11) is 0. The van der Waals surface area contributed by atoms with Crippen LogP contribution in [-0.4, -0.2) is 41.9 Å². The number of hydrogen-bond acceptors (Lipinski definition) is 5. The summed E-state index contributed by atoms with van der Waals surface area (Å²) < 4.78 is 11.6. The average molecular weight is 458 g/mol. The number of carbonyl (C=O) groups excluding carboxylic acids is 1. The van der Waals surface area contributed by atoms with E-state index in [-0.39, 0.29) is 12.5 Å². The molecule has 1 aliphatic rings. The number of nitrogens with one attached hydrogen (secondary N) is 2. The maximum atomic E-state index is 13.4. The Morgan fingerprint density at radius 1 is 1.06 bits per heavy atom. The SMILES string of the molecule is NCc1ccc(-c2cc3c(c(C(=O)N[C@@H](CO)Cc4c[nH]c5ccccc45)c2)OCCO3)cc1. The first-order valence-electron chi connectivity index (χ1n) is 11.4. The van der Waals surface area contributed by atoms with Gasteiger partial charge >= 0.3 is 0 Å². The molecular weight excluding hydrogens is 430 g/mol. The van der Waals surface area contributed by atoms with Crippen molar-refractivity contribution in [3.8, 4) is 22.6 Å². The Bertz CT molecular complexity index is 1310. The van der Waals surface area contributed by atoms with Gasteiger partial charge in [-0.25, -0.2) is 0 Å². The fourth-order valence-electron chi connectivity index (χ4n) is 4.31. The molecule has 1 atom stereocenters. The first kappa shape index (κ1) is 22.0. The van der Waals surface area contributed by atoms with Crippen LogP contribution in [0.2, 0.25) is 0 Å². The van der Waals surface area contributed by atoms with Gasteiger partial charge in [-0.3, -0.25) is 4.79 Å². The second-order valence-electron chi connectivity index (χ2n) is 8.37. The Labute approximate surface area is 197 Å². The maximum Gasteiger partial charge on any atom is 0.255 e. The number of aromatic amines is 1. The minimum atomic E-state index is -0.459. The molecule has 34 heavy (non-hydrogen) atoms. The molecule has 0 saturated carbocycles. The van der Waals surface area contributed by atoms with Crippen molar-refractivity contribution in [1.82, 2.24) is 10.3 Å². The van der Waals surface area contributed by atoms with E-state index in [0.29, 0.717) is 43.2 Å². The Morgan fingerprint density at radius 2 is 1.85 bits per heavy atom. The van der Waals surface area contributed by atoms with Gasteiger partial charge in [0.05, 0.1) is 18.2 Å². The van der Waals surface area contributed by atoms with Crippen LogP contribution in [-0.2, 0) is 13.0 Å². The summed E-state index contributed by atoms with van der Waals surface area (Å²) in [5, 5.41) is 14.1. The zero-order valence-electron chi connectivity index (χ0n) is 18.7. The lowest BCUT2D eigenvalue weighted by molar-refractivity contribution is 0.0906. The van der Waals surface area contributed by atoms with Gasteiger partial charge in [0, 0.05) is 23.6 Å². The summed E-state index contributed by atoms with van der Waals surface area (Å²) in [5.74, 6) is 0.643. The lowest BCUT2D eigenvalue weighted by Gasteiger charge is -2.23. The molecule has 0 spiro atoms. The normalized spacial score (nSPS) is 13.6. The number of nitrogens with two attached hydrogens (primary N) is 1. The second kappa shape index (κ2) is 9.59. The third-order valence-electron chi connectivity index (χ3n) is 6.11. The number of aromatic nitrogens is 1. The van der Waals surface area contributed by atoms with Gasteiger partial charge in [-0.2, -0.15) is 0 Å². The van der Waals surface area contributed by atoms with Crippen LogP contribution in [0.1, 0.15) is 21.5 Å². The Morgan fingerprint density at radius 3 is 2.65 bits per heavy atom. The number of benzene rings is 3. The van der Waals surface area contributed by atoms with Crippen molar-refractivity contribution in [2.24, 2.45) is 5.73 Å². The van der Waals surface area contributed by atoms with Gasteiger partial charge in [-0.05, 0) is 46.9 Å². The third-order valence-corrected chi connectivity index (χ3v) is 6.11.